The molecule has 0 saturated heterocycles. The summed E-state index contributed by atoms with van der Waals surface area (Å²) in [6.07, 6.45) is 2.37. The van der Waals surface area contributed by atoms with Crippen molar-refractivity contribution in [3.8, 4) is 5.75 Å². The molecule has 2 atom stereocenters. The Labute approximate surface area is 116 Å². The molecule has 1 aromatic carbocycles. The van der Waals surface area contributed by atoms with Crippen molar-refractivity contribution in [3.63, 3.8) is 0 Å². The quantitative estimate of drug-likeness (QED) is 0.916. The minimum absolute atomic E-state index is 0.228. The van der Waals surface area contributed by atoms with Crippen LogP contribution in [0.5, 0.6) is 5.75 Å². The van der Waals surface area contributed by atoms with Gasteiger partial charge in [0.05, 0.1) is 11.7 Å². The lowest BCUT2D eigenvalue weighted by Crippen LogP contribution is -2.29. The standard InChI is InChI=1S/C15H18F2O3/c1-8-3-9(2)5-11(4-8)20-14-12(16)6-10(15(18)19)7-13(14)17/h6-9,11H,3-5H2,1-2H3,(H,18,19). The van der Waals surface area contributed by atoms with Crippen LogP contribution in [0.2, 0.25) is 0 Å². The van der Waals surface area contributed by atoms with Crippen LogP contribution < -0.4 is 4.74 Å². The summed E-state index contributed by atoms with van der Waals surface area (Å²) < 4.78 is 33.0. The summed E-state index contributed by atoms with van der Waals surface area (Å²) in [4.78, 5) is 10.7. The van der Waals surface area contributed by atoms with E-state index in [1.807, 2.05) is 0 Å². The van der Waals surface area contributed by atoms with E-state index in [9.17, 15) is 13.6 Å². The molecule has 1 aromatic rings. The van der Waals surface area contributed by atoms with Crippen LogP contribution in [-0.2, 0) is 0 Å². The Bertz CT molecular complexity index is 483. The SMILES string of the molecule is CC1CC(C)CC(Oc2c(F)cc(C(=O)O)cc2F)C1. The number of carboxylic acids is 1. The van der Waals surface area contributed by atoms with E-state index >= 15 is 0 Å². The summed E-state index contributed by atoms with van der Waals surface area (Å²) >= 11 is 0. The molecule has 3 nitrogen and oxygen atoms in total. The highest BCUT2D eigenvalue weighted by molar-refractivity contribution is 5.87. The maximum atomic E-state index is 13.8. The predicted octanol–water partition coefficient (Wildman–Crippen LogP) is 3.87. The Hall–Kier alpha value is -1.65. The fraction of sp³-hybridized carbons (Fsp3) is 0.533. The highest BCUT2D eigenvalue weighted by Crippen LogP contribution is 2.33. The number of carboxylic acid groups (broad SMARTS) is 1. The van der Waals surface area contributed by atoms with E-state index in [2.05, 4.69) is 13.8 Å². The van der Waals surface area contributed by atoms with Gasteiger partial charge in [0.1, 0.15) is 0 Å². The summed E-state index contributed by atoms with van der Waals surface area (Å²) in [7, 11) is 0. The number of hydrogen-bond donors (Lipinski definition) is 1. The van der Waals surface area contributed by atoms with Crippen LogP contribution in [0.25, 0.3) is 0 Å². The molecule has 0 bridgehead atoms. The van der Waals surface area contributed by atoms with Gasteiger partial charge in [-0.15, -0.1) is 0 Å². The third kappa shape index (κ3) is 3.26. The van der Waals surface area contributed by atoms with Gasteiger partial charge in [-0.05, 0) is 43.2 Å². The summed E-state index contributed by atoms with van der Waals surface area (Å²) in [5, 5.41) is 8.74. The number of rotatable bonds is 3. The molecule has 5 heteroatoms. The van der Waals surface area contributed by atoms with Crippen molar-refractivity contribution in [1.29, 1.82) is 0 Å². The first-order chi connectivity index (χ1) is 9.36. The Balaban J connectivity index is 2.19. The van der Waals surface area contributed by atoms with E-state index in [-0.39, 0.29) is 6.10 Å². The number of halogens is 2. The highest BCUT2D eigenvalue weighted by Gasteiger charge is 2.27. The van der Waals surface area contributed by atoms with Crippen molar-refractivity contribution >= 4 is 5.97 Å². The topological polar surface area (TPSA) is 46.5 Å². The third-order valence-corrected chi connectivity index (χ3v) is 3.67. The van der Waals surface area contributed by atoms with Crippen molar-refractivity contribution in [3.05, 3.63) is 29.3 Å². The molecule has 1 N–H and O–H groups in total. The second-order valence-electron chi connectivity index (χ2n) is 5.73. The van der Waals surface area contributed by atoms with Crippen molar-refractivity contribution in [2.45, 2.75) is 39.2 Å². The largest absolute Gasteiger partial charge is 0.484 e. The Morgan fingerprint density at radius 2 is 1.65 bits per heavy atom. The predicted molar refractivity (Wildman–Crippen MR) is 69.9 cm³/mol. The van der Waals surface area contributed by atoms with Gasteiger partial charge >= 0.3 is 5.97 Å². The summed E-state index contributed by atoms with van der Waals surface area (Å²) in [5.74, 6) is -2.86. The molecule has 0 spiro atoms. The van der Waals surface area contributed by atoms with Crippen LogP contribution in [0.1, 0.15) is 43.5 Å². The number of ether oxygens (including phenoxy) is 1. The van der Waals surface area contributed by atoms with Crippen molar-refractivity contribution in [2.24, 2.45) is 11.8 Å². The lowest BCUT2D eigenvalue weighted by molar-refractivity contribution is 0.0694. The summed E-state index contributed by atoms with van der Waals surface area (Å²) in [6.45, 7) is 4.18. The average molecular weight is 284 g/mol. The van der Waals surface area contributed by atoms with Gasteiger partial charge in [0, 0.05) is 0 Å². The Morgan fingerprint density at radius 3 is 2.10 bits per heavy atom. The minimum atomic E-state index is -1.37. The van der Waals surface area contributed by atoms with Gasteiger partial charge in [-0.25, -0.2) is 13.6 Å². The van der Waals surface area contributed by atoms with Gasteiger partial charge in [-0.1, -0.05) is 13.8 Å². The van der Waals surface area contributed by atoms with Gasteiger partial charge in [0.15, 0.2) is 17.4 Å². The molecule has 0 radical (unpaired) electrons. The minimum Gasteiger partial charge on any atom is -0.484 e. The fourth-order valence-corrected chi connectivity index (χ4v) is 2.93. The molecule has 110 valence electrons. The first-order valence-electron chi connectivity index (χ1n) is 6.75. The third-order valence-electron chi connectivity index (χ3n) is 3.67. The van der Waals surface area contributed by atoms with Crippen LogP contribution in [0.15, 0.2) is 12.1 Å². The van der Waals surface area contributed by atoms with Gasteiger partial charge in [0.25, 0.3) is 0 Å². The molecular formula is C15H18F2O3. The van der Waals surface area contributed by atoms with Gasteiger partial charge in [0.2, 0.25) is 0 Å². The second-order valence-corrected chi connectivity index (χ2v) is 5.73. The normalized spacial score (nSPS) is 26.3. The maximum Gasteiger partial charge on any atom is 0.335 e. The molecule has 1 fully saturated rings. The molecule has 0 aromatic heterocycles. The molecule has 1 aliphatic rings. The zero-order valence-corrected chi connectivity index (χ0v) is 11.5. The van der Waals surface area contributed by atoms with Crippen LogP contribution in [0.4, 0.5) is 8.78 Å². The van der Waals surface area contributed by atoms with E-state index in [1.165, 1.54) is 0 Å². The summed E-state index contributed by atoms with van der Waals surface area (Å²) in [5.41, 5.74) is -0.419. The second kappa shape index (κ2) is 5.77. The molecule has 2 unspecified atom stereocenters. The smallest absolute Gasteiger partial charge is 0.335 e. The first-order valence-corrected chi connectivity index (χ1v) is 6.75. The maximum absolute atomic E-state index is 13.8. The Kier molecular flexibility index (Phi) is 4.26. The van der Waals surface area contributed by atoms with E-state index in [0.29, 0.717) is 11.8 Å². The summed E-state index contributed by atoms with van der Waals surface area (Å²) in [6, 6.07) is 1.58. The lowest BCUT2D eigenvalue weighted by Gasteiger charge is -2.31. The van der Waals surface area contributed by atoms with Crippen LogP contribution in [0.3, 0.4) is 0 Å². The number of aromatic carboxylic acids is 1. The highest BCUT2D eigenvalue weighted by atomic mass is 19.1. The van der Waals surface area contributed by atoms with Gasteiger partial charge < -0.3 is 9.84 Å². The number of carbonyl (C=O) groups is 1. The van der Waals surface area contributed by atoms with E-state index in [0.717, 1.165) is 31.4 Å². The van der Waals surface area contributed by atoms with Crippen LogP contribution in [-0.4, -0.2) is 17.2 Å². The first kappa shape index (κ1) is 14.8. The molecule has 0 aliphatic heterocycles. The van der Waals surface area contributed by atoms with E-state index in [1.54, 1.807) is 0 Å². The van der Waals surface area contributed by atoms with Crippen molar-refractivity contribution in [2.75, 3.05) is 0 Å². The van der Waals surface area contributed by atoms with Crippen LogP contribution >= 0.6 is 0 Å². The van der Waals surface area contributed by atoms with Gasteiger partial charge in [-0.3, -0.25) is 0 Å². The fourth-order valence-electron chi connectivity index (χ4n) is 2.93. The molecule has 20 heavy (non-hydrogen) atoms. The molecule has 2 rings (SSSR count). The van der Waals surface area contributed by atoms with E-state index < -0.39 is 28.9 Å². The Morgan fingerprint density at radius 1 is 1.15 bits per heavy atom. The zero-order valence-electron chi connectivity index (χ0n) is 11.5. The lowest BCUT2D eigenvalue weighted by atomic mass is 9.82. The number of hydrogen-bond acceptors (Lipinski definition) is 2. The molecule has 0 heterocycles. The molecule has 1 saturated carbocycles. The van der Waals surface area contributed by atoms with Gasteiger partial charge in [-0.2, -0.15) is 0 Å². The van der Waals surface area contributed by atoms with Crippen molar-refractivity contribution < 1.29 is 23.4 Å². The van der Waals surface area contributed by atoms with Crippen molar-refractivity contribution in [1.82, 2.24) is 0 Å². The average Bonchev–Trinajstić information content (AvgIpc) is 2.32. The zero-order chi connectivity index (χ0) is 14.9. The molecular weight excluding hydrogens is 266 g/mol. The van der Waals surface area contributed by atoms with Crippen LogP contribution in [0, 0.1) is 23.5 Å². The number of benzene rings is 1. The molecule has 0 amide bonds. The van der Waals surface area contributed by atoms with E-state index in [4.69, 9.17) is 9.84 Å². The monoisotopic (exact) mass is 284 g/mol. The molecule has 1 aliphatic carbocycles.